The number of benzene rings is 2. The van der Waals surface area contributed by atoms with Crippen molar-refractivity contribution in [3.05, 3.63) is 110 Å². The van der Waals surface area contributed by atoms with Crippen molar-refractivity contribution >= 4 is 34.9 Å². The summed E-state index contributed by atoms with van der Waals surface area (Å²) in [6, 6.07) is 11.1. The predicted molar refractivity (Wildman–Crippen MR) is 282 cm³/mol. The second-order valence-electron chi connectivity index (χ2n) is 28.5. The van der Waals surface area contributed by atoms with Crippen molar-refractivity contribution in [2.24, 2.45) is 10.8 Å². The molecule has 350 valence electrons. The van der Waals surface area contributed by atoms with Gasteiger partial charge in [0.15, 0.2) is 0 Å². The molecule has 0 bridgehead atoms. The molecule has 2 unspecified atom stereocenters. The zero-order valence-corrected chi connectivity index (χ0v) is 44.6. The number of hydrogen-bond donors (Lipinski definition) is 0. The van der Waals surface area contributed by atoms with Crippen LogP contribution in [0.4, 0.5) is 17.1 Å². The van der Waals surface area contributed by atoms with Crippen LogP contribution in [-0.4, -0.2) is 18.8 Å². The number of aryl methyl sites for hydroxylation is 1. The molecule has 0 radical (unpaired) electrons. The molecular formula is C62H83BN2O. The Hall–Kier alpha value is -3.66. The lowest BCUT2D eigenvalue weighted by Gasteiger charge is -2.54. The molecule has 0 amide bonds. The van der Waals surface area contributed by atoms with Crippen LogP contribution in [0, 0.1) is 17.8 Å². The minimum Gasteiger partial charge on any atom is -0.472 e. The molecule has 0 fully saturated rings. The largest absolute Gasteiger partial charge is 0.472 e. The van der Waals surface area contributed by atoms with E-state index in [4.69, 9.17) is 4.42 Å². The summed E-state index contributed by atoms with van der Waals surface area (Å²) in [5.74, 6) is 1.25. The van der Waals surface area contributed by atoms with Gasteiger partial charge in [0.05, 0.1) is 17.4 Å². The average molecular weight is 883 g/mol. The lowest BCUT2D eigenvalue weighted by Crippen LogP contribution is -2.64. The highest BCUT2D eigenvalue weighted by Gasteiger charge is 2.57. The quantitative estimate of drug-likeness (QED) is 0.239. The molecule has 0 saturated carbocycles. The first-order valence-electron chi connectivity index (χ1n) is 26.4. The van der Waals surface area contributed by atoms with E-state index in [1.807, 2.05) is 0 Å². The van der Waals surface area contributed by atoms with E-state index in [0.29, 0.717) is 0 Å². The summed E-state index contributed by atoms with van der Waals surface area (Å²) in [6.07, 6.45) is 19.6. The van der Waals surface area contributed by atoms with Crippen molar-refractivity contribution in [3.8, 4) is 0 Å². The summed E-state index contributed by atoms with van der Waals surface area (Å²) in [7, 11) is 0. The first kappa shape index (κ1) is 44.8. The summed E-state index contributed by atoms with van der Waals surface area (Å²) in [5.41, 5.74) is 24.3. The van der Waals surface area contributed by atoms with Crippen LogP contribution in [0.3, 0.4) is 0 Å². The lowest BCUT2D eigenvalue weighted by molar-refractivity contribution is 0.255. The van der Waals surface area contributed by atoms with Crippen LogP contribution in [0.15, 0.2) is 74.8 Å². The molecule has 8 aliphatic rings. The van der Waals surface area contributed by atoms with Gasteiger partial charge in [-0.3, -0.25) is 0 Å². The second-order valence-corrected chi connectivity index (χ2v) is 28.5. The highest BCUT2D eigenvalue weighted by atomic mass is 16.3. The molecule has 3 heterocycles. The predicted octanol–water partition coefficient (Wildman–Crippen LogP) is 15.2. The number of anilines is 3. The van der Waals surface area contributed by atoms with E-state index in [1.54, 1.807) is 27.7 Å². The third kappa shape index (κ3) is 6.19. The van der Waals surface area contributed by atoms with Crippen molar-refractivity contribution in [3.63, 3.8) is 0 Å². The van der Waals surface area contributed by atoms with Crippen molar-refractivity contribution < 1.29 is 4.42 Å². The normalized spacial score (nSPS) is 28.3. The van der Waals surface area contributed by atoms with Gasteiger partial charge in [-0.2, -0.15) is 0 Å². The van der Waals surface area contributed by atoms with E-state index in [9.17, 15) is 0 Å². The number of nitrogens with zero attached hydrogens (tertiary/aromatic N) is 2. The molecule has 1 aromatic heterocycles. The first-order valence-corrected chi connectivity index (χ1v) is 26.4. The van der Waals surface area contributed by atoms with Crippen LogP contribution in [0.1, 0.15) is 221 Å². The molecular weight excluding hydrogens is 800 g/mol. The third-order valence-corrected chi connectivity index (χ3v) is 20.0. The van der Waals surface area contributed by atoms with Crippen LogP contribution >= 0.6 is 0 Å². The minimum atomic E-state index is -0.0515. The Bertz CT molecular complexity index is 2760. The molecule has 2 atom stereocenters. The van der Waals surface area contributed by atoms with Crippen LogP contribution in [-0.2, 0) is 32.5 Å². The number of fused-ring (bicyclic) bond motifs is 8. The second kappa shape index (κ2) is 13.6. The summed E-state index contributed by atoms with van der Waals surface area (Å²) in [5, 5.41) is 0. The number of rotatable bonds is 2. The maximum absolute atomic E-state index is 7.87. The Morgan fingerprint density at radius 2 is 1.08 bits per heavy atom. The Kier molecular flexibility index (Phi) is 9.21. The molecule has 0 saturated heterocycles. The smallest absolute Gasteiger partial charge is 0.292 e. The van der Waals surface area contributed by atoms with Crippen molar-refractivity contribution in [2.75, 3.05) is 9.80 Å². The molecule has 0 N–H and O–H groups in total. The van der Waals surface area contributed by atoms with E-state index in [2.05, 4.69) is 177 Å². The summed E-state index contributed by atoms with van der Waals surface area (Å²) < 4.78 is 7.87. The van der Waals surface area contributed by atoms with Crippen LogP contribution in [0.5, 0.6) is 0 Å². The molecule has 4 heteroatoms. The fourth-order valence-corrected chi connectivity index (χ4v) is 15.1. The Morgan fingerprint density at radius 3 is 1.70 bits per heavy atom. The maximum atomic E-state index is 7.87. The van der Waals surface area contributed by atoms with Gasteiger partial charge in [0, 0.05) is 34.1 Å². The van der Waals surface area contributed by atoms with Gasteiger partial charge in [0.25, 0.3) is 6.71 Å². The van der Waals surface area contributed by atoms with Crippen LogP contribution < -0.4 is 20.9 Å². The van der Waals surface area contributed by atoms with Gasteiger partial charge >= 0.3 is 0 Å². The van der Waals surface area contributed by atoms with Gasteiger partial charge in [-0.1, -0.05) is 146 Å². The molecule has 11 rings (SSSR count). The standard InChI is InChI=1S/C62H83BN2O/c1-36-29-48-51-49(30-36)65(46-34-43-40(31-37(46)2)56(5,6)23-25-59(43,11)12)47-35-44-42(58(9,10)24-26-60(44,13)14)33-45(47)63(51)54-52(50-53(66-54)62(17,18)28-27-61(50,15)16)64(48)38-19-20-39-41(32-38)57(7,8)22-21-55(39,3)4/h19-20,30-31,33-35,38,48H,21-29,32H2,1-18H3. The molecule has 6 aliphatic carbocycles. The molecule has 3 nitrogen and oxygen atoms in total. The third-order valence-electron chi connectivity index (χ3n) is 20.0. The van der Waals surface area contributed by atoms with E-state index < -0.39 is 0 Å². The van der Waals surface area contributed by atoms with Gasteiger partial charge in [-0.05, 0) is 178 Å². The van der Waals surface area contributed by atoms with E-state index in [1.165, 1.54) is 106 Å². The van der Waals surface area contributed by atoms with Crippen molar-refractivity contribution in [1.29, 1.82) is 0 Å². The minimum absolute atomic E-state index is 0.00901. The van der Waals surface area contributed by atoms with E-state index in [-0.39, 0.29) is 62.1 Å². The van der Waals surface area contributed by atoms with Gasteiger partial charge in [-0.15, -0.1) is 0 Å². The van der Waals surface area contributed by atoms with Gasteiger partial charge in [0.1, 0.15) is 5.76 Å². The highest BCUT2D eigenvalue weighted by molar-refractivity contribution is 6.93. The first-order chi connectivity index (χ1) is 30.5. The summed E-state index contributed by atoms with van der Waals surface area (Å²) in [4.78, 5) is 5.78. The van der Waals surface area contributed by atoms with Crippen molar-refractivity contribution in [1.82, 2.24) is 0 Å². The van der Waals surface area contributed by atoms with Crippen LogP contribution in [0.25, 0.3) is 0 Å². The monoisotopic (exact) mass is 883 g/mol. The molecule has 3 aromatic rings. The molecule has 2 aromatic carbocycles. The maximum Gasteiger partial charge on any atom is 0.292 e. The SMILES string of the molecule is CC1=CC2=C3B(c4cc5c(cc4N2c2cc4c(cc2C)C(C)(C)CCC4(C)C)C(C)(C)CCC5(C)C)c2oc4c(c2N(C2C=CC5=C(C2)C(C)(C)CCC5(C)C)C3C1)C(C)(C)CCC4(C)C. The van der Waals surface area contributed by atoms with Gasteiger partial charge in [0.2, 0.25) is 0 Å². The summed E-state index contributed by atoms with van der Waals surface area (Å²) in [6.45, 7) is 44.9. The topological polar surface area (TPSA) is 19.6 Å². The molecule has 66 heavy (non-hydrogen) atoms. The van der Waals surface area contributed by atoms with Crippen LogP contribution in [0.2, 0.25) is 0 Å². The fourth-order valence-electron chi connectivity index (χ4n) is 15.1. The average Bonchev–Trinajstić information content (AvgIpc) is 3.64. The Labute approximate surface area is 401 Å². The number of furan rings is 1. The van der Waals surface area contributed by atoms with Gasteiger partial charge < -0.3 is 14.2 Å². The zero-order chi connectivity index (χ0) is 47.4. The van der Waals surface area contributed by atoms with Crippen molar-refractivity contribution in [2.45, 2.75) is 233 Å². The highest BCUT2D eigenvalue weighted by Crippen LogP contribution is 2.59. The zero-order valence-electron chi connectivity index (χ0n) is 44.6. The van der Waals surface area contributed by atoms with E-state index in [0.717, 1.165) is 25.7 Å². The summed E-state index contributed by atoms with van der Waals surface area (Å²) >= 11 is 0. The fraction of sp³-hybridized carbons (Fsp3) is 0.613. The number of hydrogen-bond acceptors (Lipinski definition) is 3. The Balaban J connectivity index is 1.24. The number of allylic oxidation sites excluding steroid dienone is 3. The molecule has 2 aliphatic heterocycles. The van der Waals surface area contributed by atoms with E-state index >= 15 is 0 Å². The molecule has 0 spiro atoms. The lowest BCUT2D eigenvalue weighted by atomic mass is 9.32. The van der Waals surface area contributed by atoms with Gasteiger partial charge in [-0.25, -0.2) is 0 Å². The Morgan fingerprint density at radius 1 is 0.561 bits per heavy atom.